The van der Waals surface area contributed by atoms with Crippen molar-refractivity contribution in [1.82, 2.24) is 30.1 Å². The van der Waals surface area contributed by atoms with Crippen molar-refractivity contribution in [3.8, 4) is 0 Å². The van der Waals surface area contributed by atoms with Gasteiger partial charge in [-0.2, -0.15) is 26.3 Å². The highest BCUT2D eigenvalue weighted by atomic mass is 19.4. The standard InChI is InChI=1S/C26H24F6N6O4/c27-25(28,29)17-9-15(10-18(12-17)26(30,31)32)14-42-24(41)37-7-8-38(22(39)13-37)19-3-5-36(6-4-19)23(40)16-1-2-20-21(11-16)34-35-33-20/h1-2,9-12,19H,3-8,13-14H2,(H,33,34,35). The molecule has 2 aliphatic rings. The van der Waals surface area contributed by atoms with E-state index in [0.29, 0.717) is 54.7 Å². The third-order valence-corrected chi connectivity index (χ3v) is 7.29. The van der Waals surface area contributed by atoms with E-state index in [4.69, 9.17) is 4.74 Å². The Morgan fingerprint density at radius 1 is 0.905 bits per heavy atom. The zero-order chi connectivity index (χ0) is 30.2. The van der Waals surface area contributed by atoms with Crippen LogP contribution in [0.5, 0.6) is 0 Å². The van der Waals surface area contributed by atoms with Crippen molar-refractivity contribution in [3.63, 3.8) is 0 Å². The van der Waals surface area contributed by atoms with E-state index in [0.717, 1.165) is 4.90 Å². The number of fused-ring (bicyclic) bond motifs is 1. The van der Waals surface area contributed by atoms with Crippen molar-refractivity contribution >= 4 is 28.9 Å². The van der Waals surface area contributed by atoms with Crippen LogP contribution >= 0.6 is 0 Å². The molecule has 1 N–H and O–H groups in total. The molecule has 5 rings (SSSR count). The van der Waals surface area contributed by atoms with E-state index in [1.807, 2.05) is 0 Å². The highest BCUT2D eigenvalue weighted by Gasteiger charge is 2.38. The summed E-state index contributed by atoms with van der Waals surface area (Å²) in [7, 11) is 0. The molecule has 3 heterocycles. The highest BCUT2D eigenvalue weighted by Crippen LogP contribution is 2.36. The summed E-state index contributed by atoms with van der Waals surface area (Å²) in [4.78, 5) is 42.7. The van der Waals surface area contributed by atoms with Crippen molar-refractivity contribution in [1.29, 1.82) is 0 Å². The second-order valence-corrected chi connectivity index (χ2v) is 10.0. The first kappa shape index (κ1) is 29.1. The minimum atomic E-state index is -5.03. The molecule has 2 aliphatic heterocycles. The van der Waals surface area contributed by atoms with Gasteiger partial charge in [-0.25, -0.2) is 4.79 Å². The highest BCUT2D eigenvalue weighted by molar-refractivity contribution is 5.97. The van der Waals surface area contributed by atoms with Crippen LogP contribution in [0.2, 0.25) is 0 Å². The van der Waals surface area contributed by atoms with Crippen LogP contribution < -0.4 is 0 Å². The molecule has 224 valence electrons. The molecule has 0 aliphatic carbocycles. The number of piperazine rings is 1. The van der Waals surface area contributed by atoms with Gasteiger partial charge in [-0.15, -0.1) is 5.10 Å². The zero-order valence-electron chi connectivity index (χ0n) is 21.8. The summed E-state index contributed by atoms with van der Waals surface area (Å²) >= 11 is 0. The van der Waals surface area contributed by atoms with Gasteiger partial charge in [0.15, 0.2) is 0 Å². The molecule has 16 heteroatoms. The van der Waals surface area contributed by atoms with Crippen LogP contribution in [0.4, 0.5) is 31.1 Å². The number of piperidine rings is 1. The molecule has 2 saturated heterocycles. The third kappa shape index (κ3) is 6.26. The quantitative estimate of drug-likeness (QED) is 0.454. The fourth-order valence-electron chi connectivity index (χ4n) is 5.11. The van der Waals surface area contributed by atoms with E-state index in [1.165, 1.54) is 0 Å². The minimum Gasteiger partial charge on any atom is -0.445 e. The molecule has 3 amide bonds. The Bertz CT molecular complexity index is 1470. The molecule has 0 radical (unpaired) electrons. The van der Waals surface area contributed by atoms with Gasteiger partial charge in [0.1, 0.15) is 18.7 Å². The predicted molar refractivity (Wildman–Crippen MR) is 133 cm³/mol. The number of aromatic amines is 1. The summed E-state index contributed by atoms with van der Waals surface area (Å²) in [6, 6.07) is 5.84. The lowest BCUT2D eigenvalue weighted by Gasteiger charge is -2.42. The zero-order valence-corrected chi connectivity index (χ0v) is 21.8. The van der Waals surface area contributed by atoms with Crippen LogP contribution in [-0.2, 0) is 28.5 Å². The van der Waals surface area contributed by atoms with Gasteiger partial charge >= 0.3 is 18.4 Å². The topological polar surface area (TPSA) is 112 Å². The average molecular weight is 599 g/mol. The van der Waals surface area contributed by atoms with Crippen molar-refractivity contribution in [2.75, 3.05) is 32.7 Å². The normalized spacial score (nSPS) is 17.2. The van der Waals surface area contributed by atoms with Crippen LogP contribution in [0, 0.1) is 0 Å². The van der Waals surface area contributed by atoms with Gasteiger partial charge in [0.25, 0.3) is 5.91 Å². The number of ether oxygens (including phenoxy) is 1. The maximum atomic E-state index is 13.1. The smallest absolute Gasteiger partial charge is 0.416 e. The van der Waals surface area contributed by atoms with Gasteiger partial charge in [0, 0.05) is 37.8 Å². The summed E-state index contributed by atoms with van der Waals surface area (Å²) < 4.78 is 83.5. The third-order valence-electron chi connectivity index (χ3n) is 7.29. The van der Waals surface area contributed by atoms with Crippen molar-refractivity contribution < 1.29 is 45.5 Å². The number of carbonyl (C=O) groups is 3. The SMILES string of the molecule is O=C(OCc1cc(C(F)(F)F)cc(C(F)(F)F)c1)N1CCN(C2CCN(C(=O)c3ccc4[nH]nnc4c3)CC2)C(=O)C1. The number of carbonyl (C=O) groups excluding carboxylic acids is 3. The summed E-state index contributed by atoms with van der Waals surface area (Å²) in [6.07, 6.45) is -10.1. The van der Waals surface area contributed by atoms with E-state index >= 15 is 0 Å². The number of hydrogen-bond acceptors (Lipinski definition) is 6. The molecule has 2 fully saturated rings. The number of alkyl halides is 6. The molecule has 0 saturated carbocycles. The number of halogens is 6. The predicted octanol–water partition coefficient (Wildman–Crippen LogP) is 4.08. The van der Waals surface area contributed by atoms with E-state index in [9.17, 15) is 40.7 Å². The largest absolute Gasteiger partial charge is 0.445 e. The molecule has 10 nitrogen and oxygen atoms in total. The number of rotatable bonds is 4. The van der Waals surface area contributed by atoms with Gasteiger partial charge in [-0.05, 0) is 54.8 Å². The van der Waals surface area contributed by atoms with Gasteiger partial charge in [-0.3, -0.25) is 19.6 Å². The fraction of sp³-hybridized carbons (Fsp3) is 0.423. The lowest BCUT2D eigenvalue weighted by molar-refractivity contribution is -0.143. The number of benzene rings is 2. The Balaban J connectivity index is 1.13. The van der Waals surface area contributed by atoms with Crippen LogP contribution in [0.25, 0.3) is 11.0 Å². The lowest BCUT2D eigenvalue weighted by atomic mass is 10.0. The molecule has 0 unspecified atom stereocenters. The number of amides is 3. The summed E-state index contributed by atoms with van der Waals surface area (Å²) in [6.45, 7) is -0.142. The van der Waals surface area contributed by atoms with Crippen molar-refractivity contribution in [3.05, 3.63) is 58.7 Å². The van der Waals surface area contributed by atoms with Crippen LogP contribution in [0.1, 0.15) is 39.9 Å². The number of aromatic nitrogens is 3. The van der Waals surface area contributed by atoms with Crippen molar-refractivity contribution in [2.45, 2.75) is 37.8 Å². The molecule has 3 aromatic rings. The van der Waals surface area contributed by atoms with Gasteiger partial charge in [-0.1, -0.05) is 5.21 Å². The first-order valence-electron chi connectivity index (χ1n) is 12.9. The average Bonchev–Trinajstić information content (AvgIpc) is 3.42. The van der Waals surface area contributed by atoms with E-state index < -0.39 is 41.7 Å². The number of hydrogen-bond donors (Lipinski definition) is 1. The number of nitrogens with one attached hydrogen (secondary N) is 1. The molecular formula is C26H24F6N6O4. The van der Waals surface area contributed by atoms with Crippen LogP contribution in [0.3, 0.4) is 0 Å². The van der Waals surface area contributed by atoms with E-state index in [2.05, 4.69) is 15.4 Å². The Morgan fingerprint density at radius 3 is 2.19 bits per heavy atom. The maximum Gasteiger partial charge on any atom is 0.416 e. The molecule has 42 heavy (non-hydrogen) atoms. The Morgan fingerprint density at radius 2 is 1.57 bits per heavy atom. The second kappa shape index (κ2) is 11.1. The molecule has 0 spiro atoms. The Labute approximate surface area is 234 Å². The molecule has 0 bridgehead atoms. The number of H-pyrrole nitrogens is 1. The van der Waals surface area contributed by atoms with Gasteiger partial charge in [0.2, 0.25) is 5.91 Å². The van der Waals surface area contributed by atoms with E-state index in [1.54, 1.807) is 28.0 Å². The Kier molecular flexibility index (Phi) is 7.72. The maximum absolute atomic E-state index is 13.1. The Hall–Kier alpha value is -4.37. The monoisotopic (exact) mass is 598 g/mol. The molecule has 2 aromatic carbocycles. The first-order chi connectivity index (χ1) is 19.8. The molecule has 0 atom stereocenters. The van der Waals surface area contributed by atoms with Crippen molar-refractivity contribution in [2.24, 2.45) is 0 Å². The molecular weight excluding hydrogens is 574 g/mol. The van der Waals surface area contributed by atoms with E-state index in [-0.39, 0.29) is 43.6 Å². The first-order valence-corrected chi connectivity index (χ1v) is 12.9. The van der Waals surface area contributed by atoms with Crippen LogP contribution in [0.15, 0.2) is 36.4 Å². The lowest BCUT2D eigenvalue weighted by Crippen LogP contribution is -2.57. The summed E-state index contributed by atoms with van der Waals surface area (Å²) in [5.41, 5.74) is -1.78. The summed E-state index contributed by atoms with van der Waals surface area (Å²) in [5, 5.41) is 10.3. The fourth-order valence-corrected chi connectivity index (χ4v) is 5.11. The van der Waals surface area contributed by atoms with Gasteiger partial charge in [0.05, 0.1) is 16.6 Å². The van der Waals surface area contributed by atoms with Gasteiger partial charge < -0.3 is 14.5 Å². The minimum absolute atomic E-state index is 0.0128. The second-order valence-electron chi connectivity index (χ2n) is 10.0. The van der Waals surface area contributed by atoms with Crippen LogP contribution in [-0.4, -0.2) is 86.8 Å². The molecule has 1 aromatic heterocycles. The number of likely N-dealkylation sites (tertiary alicyclic amines) is 1. The number of nitrogens with zero attached hydrogens (tertiary/aromatic N) is 5. The summed E-state index contributed by atoms with van der Waals surface area (Å²) in [5.74, 6) is -0.543.